The van der Waals surface area contributed by atoms with Gasteiger partial charge in [-0.25, -0.2) is 0 Å². The Morgan fingerprint density at radius 3 is 2.64 bits per heavy atom. The first-order valence-corrected chi connectivity index (χ1v) is 4.70. The van der Waals surface area contributed by atoms with Crippen LogP contribution in [0.5, 0.6) is 0 Å². The van der Waals surface area contributed by atoms with Crippen molar-refractivity contribution in [2.75, 3.05) is 19.6 Å². The van der Waals surface area contributed by atoms with E-state index in [0.29, 0.717) is 6.04 Å². The first-order valence-electron chi connectivity index (χ1n) is 4.70. The molecule has 1 aliphatic rings. The minimum Gasteiger partial charge on any atom is -0.328 e. The van der Waals surface area contributed by atoms with Crippen LogP contribution in [0.1, 0.15) is 26.7 Å². The molecule has 0 aromatic heterocycles. The summed E-state index contributed by atoms with van der Waals surface area (Å²) in [6, 6.07) is 0.371. The summed E-state index contributed by atoms with van der Waals surface area (Å²) in [7, 11) is 0. The number of likely N-dealkylation sites (tertiary alicyclic amines) is 1. The van der Waals surface area contributed by atoms with Crippen molar-refractivity contribution in [2.24, 2.45) is 11.7 Å². The second-order valence-corrected chi connectivity index (χ2v) is 3.80. The van der Waals surface area contributed by atoms with E-state index in [9.17, 15) is 0 Å². The van der Waals surface area contributed by atoms with Crippen LogP contribution in [0.3, 0.4) is 0 Å². The predicted octanol–water partition coefficient (Wildman–Crippen LogP) is 1.07. The normalized spacial score (nSPS) is 23.2. The highest BCUT2D eigenvalue weighted by molar-refractivity contribution is 4.78. The third-order valence-electron chi connectivity index (χ3n) is 2.51. The van der Waals surface area contributed by atoms with E-state index in [0.717, 1.165) is 12.3 Å². The topological polar surface area (TPSA) is 29.3 Å². The van der Waals surface area contributed by atoms with Crippen molar-refractivity contribution in [1.82, 2.24) is 4.90 Å². The molecule has 1 rings (SSSR count). The molecule has 0 bridgehead atoms. The van der Waals surface area contributed by atoms with E-state index in [1.807, 2.05) is 0 Å². The average molecular weight is 156 g/mol. The van der Waals surface area contributed by atoms with Gasteiger partial charge in [0.05, 0.1) is 0 Å². The van der Waals surface area contributed by atoms with Crippen molar-refractivity contribution in [3.05, 3.63) is 0 Å². The van der Waals surface area contributed by atoms with Gasteiger partial charge < -0.3 is 10.6 Å². The zero-order valence-electron chi connectivity index (χ0n) is 7.71. The van der Waals surface area contributed by atoms with Crippen LogP contribution in [0.2, 0.25) is 0 Å². The van der Waals surface area contributed by atoms with E-state index in [2.05, 4.69) is 18.7 Å². The minimum atomic E-state index is 0.371. The van der Waals surface area contributed by atoms with Gasteiger partial charge in [0.15, 0.2) is 0 Å². The van der Waals surface area contributed by atoms with Gasteiger partial charge in [0.25, 0.3) is 0 Å². The summed E-state index contributed by atoms with van der Waals surface area (Å²) in [5, 5.41) is 0. The fourth-order valence-electron chi connectivity index (χ4n) is 1.50. The summed E-state index contributed by atoms with van der Waals surface area (Å²) in [6.07, 6.45) is 2.49. The van der Waals surface area contributed by atoms with Crippen LogP contribution < -0.4 is 5.73 Å². The van der Waals surface area contributed by atoms with E-state index in [1.165, 1.54) is 26.1 Å². The molecular formula is C9H20N2. The van der Waals surface area contributed by atoms with Crippen LogP contribution in [-0.4, -0.2) is 30.6 Å². The van der Waals surface area contributed by atoms with Crippen LogP contribution in [0, 0.1) is 5.92 Å². The Hall–Kier alpha value is -0.0800. The monoisotopic (exact) mass is 156 g/mol. The maximum Gasteiger partial charge on any atom is 0.00226 e. The molecule has 1 saturated heterocycles. The summed E-state index contributed by atoms with van der Waals surface area (Å²) in [4.78, 5) is 2.50. The van der Waals surface area contributed by atoms with Crippen LogP contribution >= 0.6 is 0 Å². The molecule has 1 heterocycles. The average Bonchev–Trinajstić information content (AvgIpc) is 1.84. The van der Waals surface area contributed by atoms with E-state index < -0.39 is 0 Å². The van der Waals surface area contributed by atoms with Gasteiger partial charge in [0.1, 0.15) is 0 Å². The molecule has 2 nitrogen and oxygen atoms in total. The molecule has 0 aliphatic carbocycles. The van der Waals surface area contributed by atoms with Gasteiger partial charge in [-0.15, -0.1) is 0 Å². The Labute approximate surface area is 69.8 Å². The quantitative estimate of drug-likeness (QED) is 0.659. The van der Waals surface area contributed by atoms with Gasteiger partial charge in [-0.1, -0.05) is 13.3 Å². The van der Waals surface area contributed by atoms with Gasteiger partial charge in [-0.2, -0.15) is 0 Å². The zero-order valence-corrected chi connectivity index (χ0v) is 7.71. The molecule has 2 N–H and O–H groups in total. The van der Waals surface area contributed by atoms with E-state index in [4.69, 9.17) is 5.73 Å². The number of hydrogen-bond donors (Lipinski definition) is 1. The smallest absolute Gasteiger partial charge is 0.00226 e. The van der Waals surface area contributed by atoms with Crippen LogP contribution in [0.4, 0.5) is 0 Å². The number of nitrogens with two attached hydrogens (primary N) is 1. The summed E-state index contributed by atoms with van der Waals surface area (Å²) < 4.78 is 0. The molecule has 2 heteroatoms. The van der Waals surface area contributed by atoms with Gasteiger partial charge in [0, 0.05) is 19.1 Å². The van der Waals surface area contributed by atoms with Gasteiger partial charge in [0.2, 0.25) is 0 Å². The summed E-state index contributed by atoms with van der Waals surface area (Å²) in [6.45, 7) is 8.17. The second kappa shape index (κ2) is 4.07. The van der Waals surface area contributed by atoms with Crippen LogP contribution in [0.25, 0.3) is 0 Å². The predicted molar refractivity (Wildman–Crippen MR) is 48.5 cm³/mol. The molecule has 66 valence electrons. The Morgan fingerprint density at radius 1 is 1.55 bits per heavy atom. The SMILES string of the molecule is CCC1CN(CCC(C)N)C1. The first-order chi connectivity index (χ1) is 5.22. The van der Waals surface area contributed by atoms with Crippen molar-refractivity contribution < 1.29 is 0 Å². The molecule has 1 unspecified atom stereocenters. The summed E-state index contributed by atoms with van der Waals surface area (Å²) in [5.74, 6) is 0.975. The minimum absolute atomic E-state index is 0.371. The third-order valence-corrected chi connectivity index (χ3v) is 2.51. The lowest BCUT2D eigenvalue weighted by atomic mass is 9.97. The standard InChI is InChI=1S/C9H20N2/c1-3-9-6-11(7-9)5-4-8(2)10/h8-9H,3-7,10H2,1-2H3. The third kappa shape index (κ3) is 2.80. The molecule has 0 aromatic carbocycles. The highest BCUT2D eigenvalue weighted by Crippen LogP contribution is 2.18. The Balaban J connectivity index is 1.96. The lowest BCUT2D eigenvalue weighted by Crippen LogP contribution is -2.47. The zero-order chi connectivity index (χ0) is 8.27. The second-order valence-electron chi connectivity index (χ2n) is 3.80. The molecule has 0 saturated carbocycles. The number of nitrogens with zero attached hydrogens (tertiary/aromatic N) is 1. The number of rotatable bonds is 4. The largest absolute Gasteiger partial charge is 0.328 e. The highest BCUT2D eigenvalue weighted by Gasteiger charge is 2.23. The molecule has 11 heavy (non-hydrogen) atoms. The van der Waals surface area contributed by atoms with E-state index in [-0.39, 0.29) is 0 Å². The first kappa shape index (κ1) is 9.01. The lowest BCUT2D eigenvalue weighted by Gasteiger charge is -2.39. The molecule has 1 aliphatic heterocycles. The Kier molecular flexibility index (Phi) is 3.34. The van der Waals surface area contributed by atoms with Crippen molar-refractivity contribution in [3.8, 4) is 0 Å². The van der Waals surface area contributed by atoms with Gasteiger partial charge >= 0.3 is 0 Å². The van der Waals surface area contributed by atoms with Crippen LogP contribution in [-0.2, 0) is 0 Å². The molecule has 0 radical (unpaired) electrons. The molecule has 0 spiro atoms. The maximum atomic E-state index is 5.66. The molecule has 1 atom stereocenters. The van der Waals surface area contributed by atoms with E-state index in [1.54, 1.807) is 0 Å². The van der Waals surface area contributed by atoms with Crippen molar-refractivity contribution in [1.29, 1.82) is 0 Å². The Bertz CT molecular complexity index is 106. The molecule has 1 fully saturated rings. The molecule has 0 amide bonds. The van der Waals surface area contributed by atoms with Gasteiger partial charge in [-0.3, -0.25) is 0 Å². The molecular weight excluding hydrogens is 136 g/mol. The van der Waals surface area contributed by atoms with E-state index >= 15 is 0 Å². The van der Waals surface area contributed by atoms with Crippen LogP contribution in [0.15, 0.2) is 0 Å². The lowest BCUT2D eigenvalue weighted by molar-refractivity contribution is 0.0949. The molecule has 0 aromatic rings. The summed E-state index contributed by atoms with van der Waals surface area (Å²) in [5.41, 5.74) is 5.66. The van der Waals surface area contributed by atoms with Gasteiger partial charge in [-0.05, 0) is 25.8 Å². The number of hydrogen-bond acceptors (Lipinski definition) is 2. The fourth-order valence-corrected chi connectivity index (χ4v) is 1.50. The fraction of sp³-hybridized carbons (Fsp3) is 1.00. The Morgan fingerprint density at radius 2 is 2.18 bits per heavy atom. The maximum absolute atomic E-state index is 5.66. The highest BCUT2D eigenvalue weighted by atomic mass is 15.2. The summed E-state index contributed by atoms with van der Waals surface area (Å²) >= 11 is 0. The van der Waals surface area contributed by atoms with Crippen molar-refractivity contribution in [3.63, 3.8) is 0 Å². The van der Waals surface area contributed by atoms with Crippen molar-refractivity contribution >= 4 is 0 Å². The van der Waals surface area contributed by atoms with Crippen molar-refractivity contribution in [2.45, 2.75) is 32.7 Å².